The molecule has 71 heavy (non-hydrogen) atoms. The van der Waals surface area contributed by atoms with Gasteiger partial charge >= 0.3 is 11.9 Å². The van der Waals surface area contributed by atoms with Crippen molar-refractivity contribution in [2.45, 2.75) is 82.5 Å². The first-order valence-corrected chi connectivity index (χ1v) is 25.9. The lowest BCUT2D eigenvalue weighted by atomic mass is 9.85. The van der Waals surface area contributed by atoms with Crippen LogP contribution in [0.2, 0.25) is 5.02 Å². The Hall–Kier alpha value is -6.39. The first-order valence-electron chi connectivity index (χ1n) is 23.1. The van der Waals surface area contributed by atoms with Gasteiger partial charge in [0.25, 0.3) is 5.91 Å². The Morgan fingerprint density at radius 2 is 1.76 bits per heavy atom. The van der Waals surface area contributed by atoms with Crippen LogP contribution in [0, 0.1) is 5.92 Å². The molecule has 0 spiro atoms. The van der Waals surface area contributed by atoms with Crippen LogP contribution in [-0.2, 0) is 46.2 Å². The lowest BCUT2D eigenvalue weighted by Crippen LogP contribution is -2.56. The number of carboxylic acids is 2. The van der Waals surface area contributed by atoms with E-state index in [0.717, 1.165) is 23.3 Å². The summed E-state index contributed by atoms with van der Waals surface area (Å²) in [6.45, 7) is 5.75. The third-order valence-corrected chi connectivity index (χ3v) is 16.7. The van der Waals surface area contributed by atoms with Gasteiger partial charge in [0.15, 0.2) is 17.2 Å². The fraction of sp³-hybridized carbons (Fsp3) is 0.408. The zero-order valence-corrected chi connectivity index (χ0v) is 41.6. The fourth-order valence-electron chi connectivity index (χ4n) is 9.45. The third-order valence-electron chi connectivity index (χ3n) is 12.9. The average Bonchev–Trinajstić information content (AvgIpc) is 3.81. The lowest BCUT2D eigenvalue weighted by Gasteiger charge is -2.43. The van der Waals surface area contributed by atoms with Gasteiger partial charge in [-0.1, -0.05) is 41.9 Å². The maximum absolute atomic E-state index is 13.9. The standard InChI is InChI=1S/C49H54ClN7O12S2/c1-28-13-14-38(46(62)53-28)56-24-36-35(47(56)63)11-6-12-37(36)52-21-40(59)55-22-34(23-55)68-25-39(58)54-33-10-4-7-29(17-33)27-71(66,67)57-16-15-30(19-49(57,2)3)20-51-32-9-5-8-31(18-32)44-42(50)43(69-26-41(60)61)45(70-44)48(64)65/h4-12,17-18,20,28,30,34,38,52H,13-16,19,21-27H2,1-3H3,(H,53,62)(H,54,58)(H,60,61)(H,64,65). The number of likely N-dealkylation sites (tertiary alicyclic amines) is 1. The molecule has 3 aromatic carbocycles. The monoisotopic (exact) mass is 1030 g/mol. The topological polar surface area (TPSA) is 254 Å². The number of carbonyl (C=O) groups excluding carboxylic acids is 4. The van der Waals surface area contributed by atoms with E-state index in [9.17, 15) is 42.3 Å². The number of amides is 4. The predicted molar refractivity (Wildman–Crippen MR) is 266 cm³/mol. The molecule has 19 nitrogen and oxygen atoms in total. The Balaban J connectivity index is 0.779. The second-order valence-electron chi connectivity index (χ2n) is 18.7. The number of anilines is 2. The van der Waals surface area contributed by atoms with Gasteiger partial charge in [0.05, 0.1) is 29.0 Å². The third kappa shape index (κ3) is 11.7. The number of piperidine rings is 2. The number of aromatic carboxylic acids is 1. The predicted octanol–water partition coefficient (Wildman–Crippen LogP) is 5.85. The zero-order chi connectivity index (χ0) is 50.8. The summed E-state index contributed by atoms with van der Waals surface area (Å²) in [5, 5.41) is 27.6. The molecule has 3 fully saturated rings. The van der Waals surface area contributed by atoms with Crippen molar-refractivity contribution in [1.82, 2.24) is 19.4 Å². The summed E-state index contributed by atoms with van der Waals surface area (Å²) < 4.78 is 40.3. The van der Waals surface area contributed by atoms with Gasteiger partial charge in [-0.2, -0.15) is 4.31 Å². The molecule has 4 aromatic rings. The summed E-state index contributed by atoms with van der Waals surface area (Å²) in [4.78, 5) is 82.9. The number of sulfonamides is 1. The molecule has 0 saturated carbocycles. The summed E-state index contributed by atoms with van der Waals surface area (Å²) in [6.07, 6.45) is 3.81. The van der Waals surface area contributed by atoms with Gasteiger partial charge in [-0.3, -0.25) is 24.2 Å². The van der Waals surface area contributed by atoms with Gasteiger partial charge in [-0.25, -0.2) is 18.0 Å². The minimum atomic E-state index is -3.81. The number of carboxylic acid groups (broad SMARTS) is 2. The van der Waals surface area contributed by atoms with Crippen molar-refractivity contribution < 1.29 is 56.9 Å². The summed E-state index contributed by atoms with van der Waals surface area (Å²) in [7, 11) is -3.81. The smallest absolute Gasteiger partial charge is 0.349 e. The van der Waals surface area contributed by atoms with Gasteiger partial charge in [0, 0.05) is 66.5 Å². The molecule has 0 aliphatic carbocycles. The van der Waals surface area contributed by atoms with Crippen molar-refractivity contribution >= 4 is 91.8 Å². The molecule has 376 valence electrons. The second kappa shape index (κ2) is 21.1. The lowest BCUT2D eigenvalue weighted by molar-refractivity contribution is -0.145. The number of halogens is 1. The number of hydrogen-bond acceptors (Lipinski definition) is 13. The van der Waals surface area contributed by atoms with Crippen molar-refractivity contribution in [3.63, 3.8) is 0 Å². The summed E-state index contributed by atoms with van der Waals surface area (Å²) in [6, 6.07) is 18.4. The van der Waals surface area contributed by atoms with Gasteiger partial charge in [0.1, 0.15) is 17.7 Å². The molecule has 5 heterocycles. The molecule has 8 rings (SSSR count). The Kier molecular flexibility index (Phi) is 15.2. The van der Waals surface area contributed by atoms with Crippen LogP contribution in [0.25, 0.3) is 10.4 Å². The summed E-state index contributed by atoms with van der Waals surface area (Å²) >= 11 is 7.34. The Labute approximate surface area is 419 Å². The number of nitrogens with zero attached hydrogens (tertiary/aromatic N) is 4. The molecule has 3 unspecified atom stereocenters. The van der Waals surface area contributed by atoms with E-state index in [4.69, 9.17) is 26.2 Å². The van der Waals surface area contributed by atoms with Gasteiger partial charge in [-0.05, 0) is 99.9 Å². The first-order chi connectivity index (χ1) is 33.8. The maximum atomic E-state index is 13.9. The van der Waals surface area contributed by atoms with Crippen molar-refractivity contribution in [3.05, 3.63) is 93.3 Å². The van der Waals surface area contributed by atoms with Crippen LogP contribution in [0.3, 0.4) is 0 Å². The number of benzene rings is 3. The van der Waals surface area contributed by atoms with Crippen LogP contribution >= 0.6 is 22.9 Å². The number of aliphatic imine (C=N–C) groups is 1. The Morgan fingerprint density at radius 3 is 2.49 bits per heavy atom. The molecule has 4 aliphatic heterocycles. The van der Waals surface area contributed by atoms with Crippen LogP contribution in [0.15, 0.2) is 71.7 Å². The SMILES string of the molecule is CC1CCC(N2Cc3c(NCC(=O)N4CC(OCC(=O)Nc5cccc(CS(=O)(=O)N6CCC(C=Nc7cccc(-c8sc(C(=O)O)c(OCC(=O)O)c8Cl)c7)CC6(C)C)c5)C4)cccc3C2=O)C(=O)N1. The van der Waals surface area contributed by atoms with Gasteiger partial charge < -0.3 is 45.4 Å². The van der Waals surface area contributed by atoms with E-state index < -0.39 is 46.1 Å². The number of ether oxygens (including phenoxy) is 2. The van der Waals surface area contributed by atoms with E-state index in [1.165, 1.54) is 4.31 Å². The molecule has 0 radical (unpaired) electrons. The number of hydrogen-bond donors (Lipinski definition) is 5. The van der Waals surface area contributed by atoms with Gasteiger partial charge in [0.2, 0.25) is 27.7 Å². The van der Waals surface area contributed by atoms with Crippen molar-refractivity contribution in [2.24, 2.45) is 10.9 Å². The fourth-order valence-corrected chi connectivity index (χ4v) is 12.8. The van der Waals surface area contributed by atoms with Crippen molar-refractivity contribution in [1.29, 1.82) is 0 Å². The minimum Gasteiger partial charge on any atom is -0.479 e. The molecule has 0 bridgehead atoms. The second-order valence-corrected chi connectivity index (χ2v) is 22.0. The number of nitrogens with one attached hydrogen (secondary N) is 3. The number of carbonyl (C=O) groups is 6. The number of aliphatic carboxylic acids is 1. The molecular formula is C49H54ClN7O12S2. The van der Waals surface area contributed by atoms with E-state index in [0.29, 0.717) is 71.0 Å². The van der Waals surface area contributed by atoms with Crippen molar-refractivity contribution in [3.8, 4) is 16.2 Å². The quantitative estimate of drug-likeness (QED) is 0.0734. The van der Waals surface area contributed by atoms with E-state index >= 15 is 0 Å². The average molecular weight is 1030 g/mol. The maximum Gasteiger partial charge on any atom is 0.349 e. The Morgan fingerprint density at radius 1 is 1.00 bits per heavy atom. The number of rotatable bonds is 18. The number of fused-ring (bicyclic) bond motifs is 1. The molecule has 4 amide bonds. The molecule has 3 atom stereocenters. The summed E-state index contributed by atoms with van der Waals surface area (Å²) in [5.41, 5.74) is 3.17. The van der Waals surface area contributed by atoms with Gasteiger partial charge in [-0.15, -0.1) is 11.3 Å². The molecular weight excluding hydrogens is 978 g/mol. The van der Waals surface area contributed by atoms with E-state index in [-0.39, 0.29) is 83.4 Å². The first kappa shape index (κ1) is 51.0. The van der Waals surface area contributed by atoms with Crippen LogP contribution in [0.4, 0.5) is 17.1 Å². The van der Waals surface area contributed by atoms with Crippen LogP contribution < -0.4 is 20.7 Å². The minimum absolute atomic E-state index is 0.0133. The largest absolute Gasteiger partial charge is 0.479 e. The zero-order valence-electron chi connectivity index (χ0n) is 39.2. The van der Waals surface area contributed by atoms with E-state index in [2.05, 4.69) is 20.9 Å². The number of thiophene rings is 1. The van der Waals surface area contributed by atoms with E-state index in [1.807, 2.05) is 26.8 Å². The molecule has 1 aromatic heterocycles. The molecule has 22 heteroatoms. The van der Waals surface area contributed by atoms with E-state index in [1.54, 1.807) is 76.7 Å². The highest BCUT2D eigenvalue weighted by Gasteiger charge is 2.42. The van der Waals surface area contributed by atoms with Crippen LogP contribution in [-0.4, -0.2) is 138 Å². The molecule has 3 saturated heterocycles. The molecule has 5 N–H and O–H groups in total. The van der Waals surface area contributed by atoms with Crippen molar-refractivity contribution in [2.75, 3.05) is 50.0 Å². The summed E-state index contributed by atoms with van der Waals surface area (Å²) in [5.74, 6) is -4.12. The highest BCUT2D eigenvalue weighted by atomic mass is 35.5. The van der Waals surface area contributed by atoms with Crippen LogP contribution in [0.1, 0.15) is 77.6 Å². The highest BCUT2D eigenvalue weighted by molar-refractivity contribution is 7.88. The van der Waals surface area contributed by atoms with Crippen LogP contribution in [0.5, 0.6) is 5.75 Å². The normalized spacial score (nSPS) is 20.3. The highest BCUT2D eigenvalue weighted by Crippen LogP contribution is 2.46. The molecule has 4 aliphatic rings. The Bertz CT molecular complexity index is 2900.